The van der Waals surface area contributed by atoms with E-state index in [1.165, 1.54) is 55.4 Å². The van der Waals surface area contributed by atoms with Gasteiger partial charge in [0.25, 0.3) is 0 Å². The molecule has 2 aliphatic heterocycles. The lowest BCUT2D eigenvalue weighted by molar-refractivity contribution is -0.131. The third kappa shape index (κ3) is 6.65. The smallest absolute Gasteiger partial charge is 0.323 e. The Bertz CT molecular complexity index is 1530. The standard InChI is InChI=1S/C32H34F2N6O4/c33-21-3-5-22(6-4-21)36-29(41)32(12-13-32)30(42)37-27-8-7-24(19-26(27)34)44-25-9-14-35-28(20-25)38-31(43)40-17-10-23(11-18-40)39-15-1-2-16-39/h3-9,14,19-20,23H,1-2,10-13,15-18H2,(H,36,41)(H,37,42)(H,35,38,43). The number of nitrogens with zero attached hydrogens (tertiary/aromatic N) is 3. The molecule has 1 aromatic heterocycles. The van der Waals surface area contributed by atoms with Crippen molar-refractivity contribution in [2.45, 2.75) is 44.6 Å². The van der Waals surface area contributed by atoms with Crippen LogP contribution in [0.3, 0.4) is 0 Å². The van der Waals surface area contributed by atoms with Crippen molar-refractivity contribution in [3.05, 3.63) is 72.4 Å². The number of hydrogen-bond acceptors (Lipinski definition) is 6. The molecule has 0 atom stereocenters. The molecule has 2 saturated heterocycles. The number of carbonyl (C=O) groups excluding carboxylic acids is 3. The first-order valence-corrected chi connectivity index (χ1v) is 14.9. The highest BCUT2D eigenvalue weighted by molar-refractivity contribution is 6.16. The zero-order chi connectivity index (χ0) is 30.7. The number of benzene rings is 2. The van der Waals surface area contributed by atoms with E-state index >= 15 is 0 Å². The fourth-order valence-electron chi connectivity index (χ4n) is 5.78. The summed E-state index contributed by atoms with van der Waals surface area (Å²) in [5, 5.41) is 7.95. The highest BCUT2D eigenvalue weighted by Crippen LogP contribution is 2.47. The van der Waals surface area contributed by atoms with Crippen LogP contribution in [0.25, 0.3) is 0 Å². The molecule has 3 heterocycles. The van der Waals surface area contributed by atoms with E-state index in [2.05, 4.69) is 25.8 Å². The highest BCUT2D eigenvalue weighted by Gasteiger charge is 2.56. The van der Waals surface area contributed by atoms with Crippen molar-refractivity contribution in [1.29, 1.82) is 0 Å². The first-order chi connectivity index (χ1) is 21.3. The Morgan fingerprint density at radius 1 is 0.818 bits per heavy atom. The van der Waals surface area contributed by atoms with Gasteiger partial charge in [-0.25, -0.2) is 18.6 Å². The van der Waals surface area contributed by atoms with Crippen molar-refractivity contribution in [1.82, 2.24) is 14.8 Å². The molecule has 3 N–H and O–H groups in total. The number of anilines is 3. The largest absolute Gasteiger partial charge is 0.457 e. The van der Waals surface area contributed by atoms with Crippen molar-refractivity contribution in [3.63, 3.8) is 0 Å². The molecule has 3 aromatic rings. The fraction of sp³-hybridized carbons (Fsp3) is 0.375. The maximum Gasteiger partial charge on any atom is 0.323 e. The van der Waals surface area contributed by atoms with E-state index < -0.39 is 28.9 Å². The molecule has 1 saturated carbocycles. The van der Waals surface area contributed by atoms with Gasteiger partial charge in [-0.1, -0.05) is 0 Å². The summed E-state index contributed by atoms with van der Waals surface area (Å²) in [7, 11) is 0. The SMILES string of the molecule is O=C(Nc1cc(Oc2ccc(NC(=O)C3(C(=O)Nc4ccc(F)cc4)CC3)c(F)c2)ccn1)N1CCC(N2CCCC2)CC1. The van der Waals surface area contributed by atoms with Gasteiger partial charge < -0.3 is 25.2 Å². The lowest BCUT2D eigenvalue weighted by atomic mass is 10.0. The van der Waals surface area contributed by atoms with Crippen molar-refractivity contribution in [2.75, 3.05) is 42.1 Å². The molecule has 2 aromatic carbocycles. The highest BCUT2D eigenvalue weighted by atomic mass is 19.1. The lowest BCUT2D eigenvalue weighted by Crippen LogP contribution is -2.47. The number of aromatic nitrogens is 1. The number of likely N-dealkylation sites (tertiary alicyclic amines) is 2. The van der Waals surface area contributed by atoms with Gasteiger partial charge in [0.1, 0.15) is 34.4 Å². The van der Waals surface area contributed by atoms with E-state index in [9.17, 15) is 23.2 Å². The van der Waals surface area contributed by atoms with Gasteiger partial charge >= 0.3 is 6.03 Å². The number of carbonyl (C=O) groups is 3. The Hall–Kier alpha value is -4.58. The molecule has 0 unspecified atom stereocenters. The van der Waals surface area contributed by atoms with Crippen LogP contribution in [0.4, 0.5) is 30.8 Å². The van der Waals surface area contributed by atoms with Crippen molar-refractivity contribution < 1.29 is 27.9 Å². The third-order valence-corrected chi connectivity index (χ3v) is 8.52. The Kier molecular flexibility index (Phi) is 8.42. The first-order valence-electron chi connectivity index (χ1n) is 14.9. The van der Waals surface area contributed by atoms with Crippen molar-refractivity contribution in [2.24, 2.45) is 5.41 Å². The number of amides is 4. The van der Waals surface area contributed by atoms with Crippen LogP contribution in [0, 0.1) is 17.0 Å². The Morgan fingerprint density at radius 2 is 1.50 bits per heavy atom. The number of pyridine rings is 1. The van der Waals surface area contributed by atoms with Crippen LogP contribution < -0.4 is 20.7 Å². The van der Waals surface area contributed by atoms with E-state index in [1.54, 1.807) is 17.0 Å². The van der Waals surface area contributed by atoms with E-state index in [0.717, 1.165) is 32.0 Å². The molecule has 230 valence electrons. The maximum atomic E-state index is 15.0. The lowest BCUT2D eigenvalue weighted by Gasteiger charge is -2.36. The van der Waals surface area contributed by atoms with Gasteiger partial charge in [-0.2, -0.15) is 0 Å². The van der Waals surface area contributed by atoms with Gasteiger partial charge in [-0.15, -0.1) is 0 Å². The number of rotatable bonds is 8. The van der Waals surface area contributed by atoms with E-state index in [-0.39, 0.29) is 17.5 Å². The van der Waals surface area contributed by atoms with Crippen LogP contribution in [0.2, 0.25) is 0 Å². The minimum Gasteiger partial charge on any atom is -0.457 e. The molecule has 10 nitrogen and oxygen atoms in total. The zero-order valence-corrected chi connectivity index (χ0v) is 24.2. The summed E-state index contributed by atoms with van der Waals surface area (Å²) in [5.41, 5.74) is -1.06. The predicted octanol–water partition coefficient (Wildman–Crippen LogP) is 5.60. The Morgan fingerprint density at radius 3 is 2.18 bits per heavy atom. The summed E-state index contributed by atoms with van der Waals surface area (Å²) < 4.78 is 33.9. The zero-order valence-electron chi connectivity index (χ0n) is 24.2. The molecule has 6 rings (SSSR count). The van der Waals surface area contributed by atoms with Crippen molar-refractivity contribution in [3.8, 4) is 11.5 Å². The predicted molar refractivity (Wildman–Crippen MR) is 160 cm³/mol. The van der Waals surface area contributed by atoms with Gasteiger partial charge in [0.15, 0.2) is 0 Å². The number of halogens is 2. The molecule has 0 radical (unpaired) electrons. The topological polar surface area (TPSA) is 116 Å². The summed E-state index contributed by atoms with van der Waals surface area (Å²) in [6.45, 7) is 3.67. The van der Waals surface area contributed by atoms with E-state index in [0.29, 0.717) is 49.2 Å². The van der Waals surface area contributed by atoms with Gasteiger partial charge in [0, 0.05) is 43.1 Å². The summed E-state index contributed by atoms with van der Waals surface area (Å²) >= 11 is 0. The summed E-state index contributed by atoms with van der Waals surface area (Å²) in [6, 6.07) is 12.6. The molecule has 12 heteroatoms. The fourth-order valence-corrected chi connectivity index (χ4v) is 5.78. The molecular formula is C32H34F2N6O4. The van der Waals surface area contributed by atoms with Gasteiger partial charge in [-0.05, 0) is 94.1 Å². The van der Waals surface area contributed by atoms with Crippen molar-refractivity contribution >= 4 is 35.0 Å². The van der Waals surface area contributed by atoms with Gasteiger partial charge in [0.2, 0.25) is 11.8 Å². The van der Waals surface area contributed by atoms with Gasteiger partial charge in [0.05, 0.1) is 5.69 Å². The van der Waals surface area contributed by atoms with Crippen LogP contribution >= 0.6 is 0 Å². The van der Waals surface area contributed by atoms with Gasteiger partial charge in [-0.3, -0.25) is 14.9 Å². The molecule has 3 aliphatic rings. The van der Waals surface area contributed by atoms with Crippen LogP contribution in [0.5, 0.6) is 11.5 Å². The average Bonchev–Trinajstić information content (AvgIpc) is 3.66. The summed E-state index contributed by atoms with van der Waals surface area (Å²) in [6.07, 6.45) is 6.52. The maximum absolute atomic E-state index is 15.0. The molecule has 44 heavy (non-hydrogen) atoms. The number of urea groups is 1. The monoisotopic (exact) mass is 604 g/mol. The van der Waals surface area contributed by atoms with E-state index in [4.69, 9.17) is 4.74 Å². The third-order valence-electron chi connectivity index (χ3n) is 8.52. The number of ether oxygens (including phenoxy) is 1. The second-order valence-electron chi connectivity index (χ2n) is 11.5. The summed E-state index contributed by atoms with van der Waals surface area (Å²) in [5.74, 6) is -1.53. The molecule has 1 aliphatic carbocycles. The molecule has 3 fully saturated rings. The summed E-state index contributed by atoms with van der Waals surface area (Å²) in [4.78, 5) is 47.1. The Labute approximate surface area is 253 Å². The number of hydrogen-bond donors (Lipinski definition) is 3. The van der Waals surface area contributed by atoms with Crippen LogP contribution in [-0.2, 0) is 9.59 Å². The van der Waals surface area contributed by atoms with Crippen LogP contribution in [0.15, 0.2) is 60.8 Å². The molecule has 0 spiro atoms. The van der Waals surface area contributed by atoms with Crippen LogP contribution in [-0.4, -0.2) is 64.9 Å². The second kappa shape index (κ2) is 12.6. The molecule has 0 bridgehead atoms. The average molecular weight is 605 g/mol. The number of piperidine rings is 1. The van der Waals surface area contributed by atoms with E-state index in [1.807, 2.05) is 0 Å². The molecule has 4 amide bonds. The first kappa shape index (κ1) is 29.5. The molecular weight excluding hydrogens is 570 g/mol. The second-order valence-corrected chi connectivity index (χ2v) is 11.5. The number of nitrogens with one attached hydrogen (secondary N) is 3. The quantitative estimate of drug-likeness (QED) is 0.288. The minimum atomic E-state index is -1.32. The van der Waals surface area contributed by atoms with Crippen LogP contribution in [0.1, 0.15) is 38.5 Å². The Balaban J connectivity index is 1.02. The normalized spacial score (nSPS) is 18.0. The minimum absolute atomic E-state index is 0.0978.